The summed E-state index contributed by atoms with van der Waals surface area (Å²) in [4.78, 5) is 19.1. The van der Waals surface area contributed by atoms with Gasteiger partial charge >= 0.3 is 0 Å². The van der Waals surface area contributed by atoms with E-state index in [4.69, 9.17) is 5.26 Å². The molecule has 2 N–H and O–H groups in total. The van der Waals surface area contributed by atoms with E-state index >= 15 is 0 Å². The molecule has 0 unspecified atom stereocenters. The second kappa shape index (κ2) is 9.48. The zero-order chi connectivity index (χ0) is 22.5. The Morgan fingerprint density at radius 2 is 2.22 bits per heavy atom. The summed E-state index contributed by atoms with van der Waals surface area (Å²) in [5.41, 5.74) is 5.21. The molecule has 1 aliphatic heterocycles. The minimum atomic E-state index is -0.0135. The summed E-state index contributed by atoms with van der Waals surface area (Å²) >= 11 is 0. The number of aliphatic imine (C=N–C) groups is 1. The number of amides is 1. The maximum absolute atomic E-state index is 13.0. The van der Waals surface area contributed by atoms with Gasteiger partial charge in [-0.1, -0.05) is 12.1 Å². The third kappa shape index (κ3) is 4.54. The second-order valence-corrected chi connectivity index (χ2v) is 8.16. The Morgan fingerprint density at radius 1 is 1.34 bits per heavy atom. The number of anilines is 1. The minimum absolute atomic E-state index is 0.0135. The van der Waals surface area contributed by atoms with E-state index in [9.17, 15) is 4.79 Å². The number of nitrogens with zero attached hydrogens (tertiary/aromatic N) is 4. The van der Waals surface area contributed by atoms with Crippen LogP contribution >= 0.6 is 0 Å². The van der Waals surface area contributed by atoms with E-state index in [1.165, 1.54) is 0 Å². The molecule has 1 aliphatic rings. The summed E-state index contributed by atoms with van der Waals surface area (Å²) in [6, 6.07) is 15.4. The van der Waals surface area contributed by atoms with Crippen molar-refractivity contribution in [3.05, 3.63) is 71.5 Å². The van der Waals surface area contributed by atoms with Gasteiger partial charge in [-0.2, -0.15) is 10.4 Å². The second-order valence-electron chi connectivity index (χ2n) is 8.16. The molecule has 7 nitrogen and oxygen atoms in total. The highest BCUT2D eigenvalue weighted by Crippen LogP contribution is 2.28. The number of aromatic nitrogens is 2. The highest BCUT2D eigenvalue weighted by Gasteiger charge is 2.32. The quantitative estimate of drug-likeness (QED) is 0.583. The molecule has 7 heteroatoms. The Morgan fingerprint density at radius 3 is 2.97 bits per heavy atom. The lowest BCUT2D eigenvalue weighted by atomic mass is 10.0. The van der Waals surface area contributed by atoms with Crippen LogP contribution in [-0.2, 0) is 0 Å². The van der Waals surface area contributed by atoms with Crippen LogP contribution in [0.4, 0.5) is 5.69 Å². The molecule has 32 heavy (non-hydrogen) atoms. The van der Waals surface area contributed by atoms with Gasteiger partial charge in [0.2, 0.25) is 0 Å². The van der Waals surface area contributed by atoms with Crippen molar-refractivity contribution in [3.63, 3.8) is 0 Å². The summed E-state index contributed by atoms with van der Waals surface area (Å²) in [5.74, 6) is 0.327. The predicted octanol–water partition coefficient (Wildman–Crippen LogP) is 3.96. The monoisotopic (exact) mass is 426 g/mol. The number of benzene rings is 2. The van der Waals surface area contributed by atoms with Crippen molar-refractivity contribution in [3.8, 4) is 17.2 Å². The van der Waals surface area contributed by atoms with Crippen LogP contribution in [0.5, 0.6) is 0 Å². The molecule has 2 aromatic carbocycles. The van der Waals surface area contributed by atoms with Gasteiger partial charge in [-0.15, -0.1) is 0 Å². The van der Waals surface area contributed by atoms with Crippen molar-refractivity contribution in [1.29, 1.82) is 5.26 Å². The number of nitriles is 1. The molecule has 1 fully saturated rings. The summed E-state index contributed by atoms with van der Waals surface area (Å²) < 4.78 is 0. The molecule has 3 aromatic rings. The van der Waals surface area contributed by atoms with Crippen molar-refractivity contribution < 1.29 is 4.79 Å². The van der Waals surface area contributed by atoms with Gasteiger partial charge < -0.3 is 10.2 Å². The topological polar surface area (TPSA) is 97.2 Å². The average molecular weight is 427 g/mol. The number of nitrogens with one attached hydrogen (secondary N) is 2. The molecule has 0 radical (unpaired) electrons. The van der Waals surface area contributed by atoms with E-state index in [0.717, 1.165) is 35.3 Å². The lowest BCUT2D eigenvalue weighted by molar-refractivity contribution is 0.0743. The Hall–Kier alpha value is -3.92. The van der Waals surface area contributed by atoms with Crippen molar-refractivity contribution in [2.45, 2.75) is 19.4 Å². The van der Waals surface area contributed by atoms with Crippen LogP contribution < -0.4 is 5.32 Å². The van der Waals surface area contributed by atoms with Crippen LogP contribution in [-0.4, -0.2) is 53.4 Å². The van der Waals surface area contributed by atoms with Crippen LogP contribution in [0.1, 0.15) is 34.8 Å². The fraction of sp³-hybridized carbons (Fsp3) is 0.280. The summed E-state index contributed by atoms with van der Waals surface area (Å²) in [7, 11) is 1.76. The molecule has 0 aliphatic carbocycles. The lowest BCUT2D eigenvalue weighted by Gasteiger charge is -2.21. The molecule has 0 bridgehead atoms. The van der Waals surface area contributed by atoms with E-state index in [-0.39, 0.29) is 11.9 Å². The molecule has 2 atom stereocenters. The van der Waals surface area contributed by atoms with Gasteiger partial charge in [0.1, 0.15) is 0 Å². The van der Waals surface area contributed by atoms with Gasteiger partial charge in [-0.25, -0.2) is 0 Å². The lowest BCUT2D eigenvalue weighted by Crippen LogP contribution is -2.34. The van der Waals surface area contributed by atoms with Gasteiger partial charge in [-0.05, 0) is 55.2 Å². The number of carbonyl (C=O) groups is 1. The highest BCUT2D eigenvalue weighted by molar-refractivity contribution is 5.95. The van der Waals surface area contributed by atoms with Crippen LogP contribution in [0, 0.1) is 17.2 Å². The zero-order valence-electron chi connectivity index (χ0n) is 18.2. The molecule has 162 valence electrons. The summed E-state index contributed by atoms with van der Waals surface area (Å²) in [5, 5.41) is 19.5. The molecule has 1 saturated heterocycles. The first-order valence-electron chi connectivity index (χ1n) is 10.7. The number of H-pyrrole nitrogens is 1. The fourth-order valence-corrected chi connectivity index (χ4v) is 4.27. The molecular formula is C25H26N6O. The Kier molecular flexibility index (Phi) is 6.31. The first-order chi connectivity index (χ1) is 15.6. The predicted molar refractivity (Wildman–Crippen MR) is 126 cm³/mol. The van der Waals surface area contributed by atoms with Crippen LogP contribution in [0.3, 0.4) is 0 Å². The van der Waals surface area contributed by atoms with Crippen molar-refractivity contribution >= 4 is 17.8 Å². The molecular weight excluding hydrogens is 400 g/mol. The van der Waals surface area contributed by atoms with Crippen LogP contribution in [0.2, 0.25) is 0 Å². The highest BCUT2D eigenvalue weighted by atomic mass is 16.2. The Balaban J connectivity index is 1.43. The van der Waals surface area contributed by atoms with Crippen LogP contribution in [0.25, 0.3) is 11.1 Å². The van der Waals surface area contributed by atoms with E-state index in [0.29, 0.717) is 23.6 Å². The van der Waals surface area contributed by atoms with Gasteiger partial charge in [0, 0.05) is 61.0 Å². The van der Waals surface area contributed by atoms with Crippen molar-refractivity contribution in [2.75, 3.05) is 25.5 Å². The van der Waals surface area contributed by atoms with Crippen molar-refractivity contribution in [1.82, 2.24) is 15.1 Å². The normalized spacial score (nSPS) is 18.1. The zero-order valence-corrected chi connectivity index (χ0v) is 18.2. The average Bonchev–Trinajstić information content (AvgIpc) is 3.48. The number of hydrogen-bond acceptors (Lipinski definition) is 5. The summed E-state index contributed by atoms with van der Waals surface area (Å²) in [6.07, 6.45) is 6.45. The van der Waals surface area contributed by atoms with Gasteiger partial charge in [0.15, 0.2) is 0 Å². The number of carbonyl (C=O) groups excluding carboxylic acids is 1. The van der Waals surface area contributed by atoms with Gasteiger partial charge in [-0.3, -0.25) is 14.9 Å². The molecule has 1 aromatic heterocycles. The third-order valence-electron chi connectivity index (χ3n) is 5.89. The standard InChI is InChI=1S/C25H26N6O/c1-17-8-19(16-31(17)25(32)21-5-3-4-18(9-21)11-26)12-28-24-7-6-20(10-22(24)13-27-2)23-14-29-30-15-23/h3-7,9-10,13-15,17,19,28H,8,12,16H2,1-2H3,(H,29,30)/t17-,19-/m0/s1. The van der Waals surface area contributed by atoms with Crippen molar-refractivity contribution in [2.24, 2.45) is 10.9 Å². The smallest absolute Gasteiger partial charge is 0.254 e. The number of hydrogen-bond donors (Lipinski definition) is 2. The third-order valence-corrected chi connectivity index (χ3v) is 5.89. The van der Waals surface area contributed by atoms with Crippen LogP contribution in [0.15, 0.2) is 59.9 Å². The largest absolute Gasteiger partial charge is 0.384 e. The SMILES string of the molecule is CN=Cc1cc(-c2cn[nH]c2)ccc1NC[C@@H]1C[C@H](C)N(C(=O)c2cccc(C#N)c2)C1. The fourth-order valence-electron chi connectivity index (χ4n) is 4.27. The maximum atomic E-state index is 13.0. The van der Waals surface area contributed by atoms with Gasteiger partial charge in [0.05, 0.1) is 17.8 Å². The first-order valence-corrected chi connectivity index (χ1v) is 10.7. The van der Waals surface area contributed by atoms with Gasteiger partial charge in [0.25, 0.3) is 5.91 Å². The minimum Gasteiger partial charge on any atom is -0.384 e. The molecule has 0 spiro atoms. The molecule has 2 heterocycles. The van der Waals surface area contributed by atoms with E-state index in [1.54, 1.807) is 37.5 Å². The first kappa shape index (κ1) is 21.3. The maximum Gasteiger partial charge on any atom is 0.254 e. The number of aromatic amines is 1. The van der Waals surface area contributed by atoms with E-state index in [1.807, 2.05) is 17.3 Å². The Labute approximate surface area is 187 Å². The number of likely N-dealkylation sites (tertiary alicyclic amines) is 1. The molecule has 0 saturated carbocycles. The number of rotatable bonds is 6. The Bertz CT molecular complexity index is 1160. The summed E-state index contributed by atoms with van der Waals surface area (Å²) in [6.45, 7) is 3.54. The molecule has 4 rings (SSSR count). The van der Waals surface area contributed by atoms with E-state index < -0.39 is 0 Å². The molecule has 1 amide bonds. The van der Waals surface area contributed by atoms with E-state index in [2.05, 4.69) is 51.7 Å².